The lowest BCUT2D eigenvalue weighted by molar-refractivity contribution is -0.129. The zero-order valence-electron chi connectivity index (χ0n) is 13.3. The van der Waals surface area contributed by atoms with Crippen molar-refractivity contribution in [2.75, 3.05) is 7.05 Å². The molecular weight excluding hydrogens is 374 g/mol. The molecule has 0 aliphatic rings. The van der Waals surface area contributed by atoms with Crippen LogP contribution in [0.3, 0.4) is 0 Å². The number of amides is 1. The van der Waals surface area contributed by atoms with Gasteiger partial charge in [-0.3, -0.25) is 9.20 Å². The molecule has 0 saturated heterocycles. The Morgan fingerprint density at radius 1 is 1.30 bits per heavy atom. The smallest absolute Gasteiger partial charge is 0.227 e. The van der Waals surface area contributed by atoms with Crippen LogP contribution in [0.25, 0.3) is 4.96 Å². The van der Waals surface area contributed by atoms with Crippen molar-refractivity contribution in [1.29, 1.82) is 0 Å². The van der Waals surface area contributed by atoms with E-state index in [1.54, 1.807) is 16.2 Å². The van der Waals surface area contributed by atoms with Gasteiger partial charge in [0.1, 0.15) is 0 Å². The molecular formula is C17H18BrN3OS. The number of thiazole rings is 1. The van der Waals surface area contributed by atoms with Crippen molar-refractivity contribution in [2.45, 2.75) is 26.8 Å². The van der Waals surface area contributed by atoms with Gasteiger partial charge in [-0.05, 0) is 31.5 Å². The number of aromatic nitrogens is 2. The Hall–Kier alpha value is -1.66. The Labute approximate surface area is 147 Å². The van der Waals surface area contributed by atoms with E-state index in [0.717, 1.165) is 26.4 Å². The Morgan fingerprint density at radius 2 is 2.00 bits per heavy atom. The summed E-state index contributed by atoms with van der Waals surface area (Å²) >= 11 is 5.08. The number of rotatable bonds is 4. The molecule has 0 atom stereocenters. The SMILES string of the molecule is Cc1cn2c(CN(C)C(=O)Cc3ccc(Br)cc3)c(C)nc2s1. The van der Waals surface area contributed by atoms with E-state index in [-0.39, 0.29) is 5.91 Å². The molecule has 3 aromatic rings. The first kappa shape index (κ1) is 16.2. The average molecular weight is 392 g/mol. The third-order valence-electron chi connectivity index (χ3n) is 3.82. The normalized spacial score (nSPS) is 11.1. The van der Waals surface area contributed by atoms with E-state index >= 15 is 0 Å². The molecule has 0 aliphatic carbocycles. The van der Waals surface area contributed by atoms with E-state index in [4.69, 9.17) is 0 Å². The van der Waals surface area contributed by atoms with Gasteiger partial charge in [0.2, 0.25) is 5.91 Å². The minimum Gasteiger partial charge on any atom is -0.340 e. The third kappa shape index (κ3) is 3.48. The number of nitrogens with zero attached hydrogens (tertiary/aromatic N) is 3. The summed E-state index contributed by atoms with van der Waals surface area (Å²) in [6.07, 6.45) is 2.50. The summed E-state index contributed by atoms with van der Waals surface area (Å²) in [5, 5.41) is 0. The van der Waals surface area contributed by atoms with Crippen LogP contribution in [0.5, 0.6) is 0 Å². The average Bonchev–Trinajstić information content (AvgIpc) is 2.98. The van der Waals surface area contributed by atoms with Crippen LogP contribution < -0.4 is 0 Å². The van der Waals surface area contributed by atoms with Crippen molar-refractivity contribution in [3.8, 4) is 0 Å². The number of benzene rings is 1. The maximum absolute atomic E-state index is 12.5. The summed E-state index contributed by atoms with van der Waals surface area (Å²) in [5.41, 5.74) is 3.09. The molecule has 0 aliphatic heterocycles. The second-order valence-corrected chi connectivity index (χ2v) is 7.82. The van der Waals surface area contributed by atoms with Crippen molar-refractivity contribution in [2.24, 2.45) is 0 Å². The van der Waals surface area contributed by atoms with Gasteiger partial charge in [-0.15, -0.1) is 11.3 Å². The summed E-state index contributed by atoms with van der Waals surface area (Å²) in [7, 11) is 1.85. The molecule has 6 heteroatoms. The molecule has 0 fully saturated rings. The lowest BCUT2D eigenvalue weighted by atomic mass is 10.1. The van der Waals surface area contributed by atoms with Crippen molar-refractivity contribution in [3.05, 3.63) is 56.8 Å². The number of imidazole rings is 1. The zero-order valence-corrected chi connectivity index (χ0v) is 15.7. The summed E-state index contributed by atoms with van der Waals surface area (Å²) < 4.78 is 3.12. The van der Waals surface area contributed by atoms with E-state index in [1.807, 2.05) is 38.2 Å². The molecule has 3 rings (SSSR count). The highest BCUT2D eigenvalue weighted by Crippen LogP contribution is 2.21. The molecule has 0 bridgehead atoms. The van der Waals surface area contributed by atoms with Gasteiger partial charge < -0.3 is 4.90 Å². The second-order valence-electron chi connectivity index (χ2n) is 5.69. The molecule has 0 N–H and O–H groups in total. The molecule has 1 amide bonds. The predicted octanol–water partition coefficient (Wildman–Crippen LogP) is 3.98. The topological polar surface area (TPSA) is 37.6 Å². The van der Waals surface area contributed by atoms with E-state index in [1.165, 1.54) is 4.88 Å². The molecule has 23 heavy (non-hydrogen) atoms. The summed E-state index contributed by atoms with van der Waals surface area (Å²) in [4.78, 5) is 21.0. The van der Waals surface area contributed by atoms with Crippen LogP contribution in [0.1, 0.15) is 21.8 Å². The number of hydrogen-bond donors (Lipinski definition) is 0. The van der Waals surface area contributed by atoms with Crippen LogP contribution in [-0.2, 0) is 17.8 Å². The maximum Gasteiger partial charge on any atom is 0.227 e. The van der Waals surface area contributed by atoms with Gasteiger partial charge in [0.15, 0.2) is 4.96 Å². The molecule has 2 aromatic heterocycles. The molecule has 0 unspecified atom stereocenters. The number of hydrogen-bond acceptors (Lipinski definition) is 3. The number of likely N-dealkylation sites (N-methyl/N-ethyl adjacent to an activating group) is 1. The van der Waals surface area contributed by atoms with E-state index in [9.17, 15) is 4.79 Å². The van der Waals surface area contributed by atoms with Gasteiger partial charge in [0, 0.05) is 22.6 Å². The highest BCUT2D eigenvalue weighted by Gasteiger charge is 2.16. The fraction of sp³-hybridized carbons (Fsp3) is 0.294. The summed E-state index contributed by atoms with van der Waals surface area (Å²) in [5.74, 6) is 0.105. The van der Waals surface area contributed by atoms with Crippen molar-refractivity contribution in [3.63, 3.8) is 0 Å². The van der Waals surface area contributed by atoms with Crippen LogP contribution in [0.2, 0.25) is 0 Å². The molecule has 0 spiro atoms. The van der Waals surface area contributed by atoms with Crippen LogP contribution in [-0.4, -0.2) is 27.2 Å². The first-order chi connectivity index (χ1) is 10.9. The number of fused-ring (bicyclic) bond motifs is 1. The molecule has 0 saturated carbocycles. The zero-order chi connectivity index (χ0) is 16.6. The van der Waals surface area contributed by atoms with E-state index in [0.29, 0.717) is 13.0 Å². The van der Waals surface area contributed by atoms with Crippen molar-refractivity contribution >= 4 is 38.1 Å². The van der Waals surface area contributed by atoms with Gasteiger partial charge >= 0.3 is 0 Å². The maximum atomic E-state index is 12.5. The summed E-state index contributed by atoms with van der Waals surface area (Å²) in [6.45, 7) is 4.64. The number of carbonyl (C=O) groups is 1. The fourth-order valence-corrected chi connectivity index (χ4v) is 3.68. The lowest BCUT2D eigenvalue weighted by Crippen LogP contribution is -2.28. The van der Waals surface area contributed by atoms with E-state index < -0.39 is 0 Å². The van der Waals surface area contributed by atoms with Crippen LogP contribution in [0.15, 0.2) is 34.9 Å². The van der Waals surface area contributed by atoms with Crippen LogP contribution in [0, 0.1) is 13.8 Å². The second kappa shape index (κ2) is 6.45. The van der Waals surface area contributed by atoms with Gasteiger partial charge in [-0.25, -0.2) is 4.98 Å². The largest absolute Gasteiger partial charge is 0.340 e. The number of aryl methyl sites for hydroxylation is 2. The van der Waals surface area contributed by atoms with Crippen molar-refractivity contribution in [1.82, 2.24) is 14.3 Å². The summed E-state index contributed by atoms with van der Waals surface area (Å²) in [6, 6.07) is 7.86. The monoisotopic (exact) mass is 391 g/mol. The Bertz CT molecular complexity index is 851. The highest BCUT2D eigenvalue weighted by molar-refractivity contribution is 9.10. The van der Waals surface area contributed by atoms with Gasteiger partial charge in [0.05, 0.1) is 24.4 Å². The Kier molecular flexibility index (Phi) is 4.55. The van der Waals surface area contributed by atoms with Gasteiger partial charge in [0.25, 0.3) is 0 Å². The van der Waals surface area contributed by atoms with Crippen LogP contribution >= 0.6 is 27.3 Å². The fourth-order valence-electron chi connectivity index (χ4n) is 2.52. The minimum atomic E-state index is 0.105. The number of carbonyl (C=O) groups excluding carboxylic acids is 1. The third-order valence-corrected chi connectivity index (χ3v) is 5.25. The molecule has 0 radical (unpaired) electrons. The van der Waals surface area contributed by atoms with E-state index in [2.05, 4.69) is 38.4 Å². The van der Waals surface area contributed by atoms with Gasteiger partial charge in [-0.2, -0.15) is 0 Å². The predicted molar refractivity (Wildman–Crippen MR) is 96.9 cm³/mol. The molecule has 1 aromatic carbocycles. The standard InChI is InChI=1S/C17H18BrN3OS/c1-11-9-21-15(12(2)19-17(21)23-11)10-20(3)16(22)8-13-4-6-14(18)7-5-13/h4-7,9H,8,10H2,1-3H3. The molecule has 4 nitrogen and oxygen atoms in total. The highest BCUT2D eigenvalue weighted by atomic mass is 79.9. The van der Waals surface area contributed by atoms with Gasteiger partial charge in [-0.1, -0.05) is 28.1 Å². The Morgan fingerprint density at radius 3 is 2.70 bits per heavy atom. The first-order valence-corrected chi connectivity index (χ1v) is 8.97. The van der Waals surface area contributed by atoms with Crippen LogP contribution in [0.4, 0.5) is 0 Å². The lowest BCUT2D eigenvalue weighted by Gasteiger charge is -2.17. The van der Waals surface area contributed by atoms with Crippen molar-refractivity contribution < 1.29 is 4.79 Å². The molecule has 120 valence electrons. The number of halogens is 1. The first-order valence-electron chi connectivity index (χ1n) is 7.36. The molecule has 2 heterocycles. The quantitative estimate of drug-likeness (QED) is 0.674. The minimum absolute atomic E-state index is 0.105. The Balaban J connectivity index is 1.74.